The van der Waals surface area contributed by atoms with Crippen LogP contribution < -0.4 is 19.7 Å². The Labute approximate surface area is 151 Å². The Bertz CT molecular complexity index is 822. The topological polar surface area (TPSA) is 67.9 Å². The average molecular weight is 352 g/mol. The molecule has 2 aromatic rings. The molecule has 2 heterocycles. The zero-order valence-corrected chi connectivity index (χ0v) is 14.3. The molecule has 2 aromatic carbocycles. The van der Waals surface area contributed by atoms with Crippen molar-refractivity contribution in [3.63, 3.8) is 0 Å². The molecule has 26 heavy (non-hydrogen) atoms. The smallest absolute Gasteiger partial charge is 0.231 e. The molecule has 1 saturated heterocycles. The number of anilines is 1. The number of hydrogen-bond acceptors (Lipinski definition) is 4. The van der Waals surface area contributed by atoms with E-state index >= 15 is 0 Å². The number of carbonyl (C=O) groups is 2. The van der Waals surface area contributed by atoms with Gasteiger partial charge >= 0.3 is 0 Å². The molecule has 0 aromatic heterocycles. The molecule has 2 aliphatic heterocycles. The van der Waals surface area contributed by atoms with Crippen LogP contribution in [0.5, 0.6) is 11.5 Å². The van der Waals surface area contributed by atoms with Gasteiger partial charge in [-0.25, -0.2) is 0 Å². The fourth-order valence-corrected chi connectivity index (χ4v) is 3.31. The predicted molar refractivity (Wildman–Crippen MR) is 96.2 cm³/mol. The lowest BCUT2D eigenvalue weighted by atomic mass is 10.1. The van der Waals surface area contributed by atoms with Gasteiger partial charge in [-0.05, 0) is 36.2 Å². The van der Waals surface area contributed by atoms with Crippen molar-refractivity contribution in [1.82, 2.24) is 5.32 Å². The minimum Gasteiger partial charge on any atom is -0.454 e. The standard InChI is InChI=1S/C20H20N2O4/c23-19-11-15(12-22(19)16-4-2-1-3-5-16)20(24)21-9-8-14-6-7-17-18(10-14)26-13-25-17/h1-7,10,15H,8-9,11-13H2,(H,21,24)/t15-/m0/s1. The van der Waals surface area contributed by atoms with Gasteiger partial charge in [-0.2, -0.15) is 0 Å². The molecule has 1 atom stereocenters. The minimum absolute atomic E-state index is 0.00730. The van der Waals surface area contributed by atoms with Crippen LogP contribution >= 0.6 is 0 Å². The molecule has 4 rings (SSSR count). The van der Waals surface area contributed by atoms with Crippen molar-refractivity contribution in [3.05, 3.63) is 54.1 Å². The highest BCUT2D eigenvalue weighted by atomic mass is 16.7. The lowest BCUT2D eigenvalue weighted by molar-refractivity contribution is -0.126. The second-order valence-electron chi connectivity index (χ2n) is 6.47. The van der Waals surface area contributed by atoms with Crippen LogP contribution in [0.1, 0.15) is 12.0 Å². The quantitative estimate of drug-likeness (QED) is 0.895. The van der Waals surface area contributed by atoms with Gasteiger partial charge in [-0.1, -0.05) is 24.3 Å². The fourth-order valence-electron chi connectivity index (χ4n) is 3.31. The largest absolute Gasteiger partial charge is 0.454 e. The van der Waals surface area contributed by atoms with Gasteiger partial charge in [0.2, 0.25) is 18.6 Å². The molecular formula is C20H20N2O4. The van der Waals surface area contributed by atoms with Crippen LogP contribution in [0.3, 0.4) is 0 Å². The Hall–Kier alpha value is -3.02. The summed E-state index contributed by atoms with van der Waals surface area (Å²) < 4.78 is 10.7. The van der Waals surface area contributed by atoms with Crippen LogP contribution in [0.4, 0.5) is 5.69 Å². The number of para-hydroxylation sites is 1. The first-order chi connectivity index (χ1) is 12.7. The number of ether oxygens (including phenoxy) is 2. The van der Waals surface area contributed by atoms with Crippen LogP contribution in [0.25, 0.3) is 0 Å². The molecule has 1 fully saturated rings. The molecule has 0 radical (unpaired) electrons. The van der Waals surface area contributed by atoms with E-state index in [0.29, 0.717) is 19.5 Å². The molecule has 0 bridgehead atoms. The molecule has 0 aliphatic carbocycles. The Balaban J connectivity index is 1.29. The van der Waals surface area contributed by atoms with Crippen LogP contribution in [0, 0.1) is 5.92 Å². The number of carbonyl (C=O) groups excluding carboxylic acids is 2. The highest BCUT2D eigenvalue weighted by molar-refractivity contribution is 6.00. The van der Waals surface area contributed by atoms with E-state index in [1.54, 1.807) is 4.90 Å². The lowest BCUT2D eigenvalue weighted by Crippen LogP contribution is -2.34. The van der Waals surface area contributed by atoms with Gasteiger partial charge in [0.15, 0.2) is 11.5 Å². The maximum atomic E-state index is 12.4. The Morgan fingerprint density at radius 3 is 2.77 bits per heavy atom. The summed E-state index contributed by atoms with van der Waals surface area (Å²) in [5.74, 6) is 1.11. The summed E-state index contributed by atoms with van der Waals surface area (Å²) in [5, 5.41) is 2.94. The Kier molecular flexibility index (Phi) is 4.48. The molecular weight excluding hydrogens is 332 g/mol. The summed E-state index contributed by atoms with van der Waals surface area (Å²) in [7, 11) is 0. The summed E-state index contributed by atoms with van der Waals surface area (Å²) in [4.78, 5) is 26.3. The van der Waals surface area contributed by atoms with Crippen molar-refractivity contribution in [1.29, 1.82) is 0 Å². The average Bonchev–Trinajstić information content (AvgIpc) is 3.28. The van der Waals surface area contributed by atoms with E-state index in [-0.39, 0.29) is 30.9 Å². The number of amides is 2. The van der Waals surface area contributed by atoms with Crippen LogP contribution in [-0.2, 0) is 16.0 Å². The number of rotatable bonds is 5. The Morgan fingerprint density at radius 2 is 1.92 bits per heavy atom. The molecule has 0 unspecified atom stereocenters. The number of fused-ring (bicyclic) bond motifs is 1. The van der Waals surface area contributed by atoms with Gasteiger partial charge in [0.05, 0.1) is 5.92 Å². The van der Waals surface area contributed by atoms with Crippen LogP contribution in [0.2, 0.25) is 0 Å². The van der Waals surface area contributed by atoms with Gasteiger partial charge in [0, 0.05) is 25.2 Å². The van der Waals surface area contributed by atoms with E-state index < -0.39 is 0 Å². The minimum atomic E-state index is -0.306. The van der Waals surface area contributed by atoms with Gasteiger partial charge in [-0.15, -0.1) is 0 Å². The van der Waals surface area contributed by atoms with Gasteiger partial charge in [0.25, 0.3) is 0 Å². The molecule has 6 heteroatoms. The van der Waals surface area contributed by atoms with Crippen LogP contribution in [0.15, 0.2) is 48.5 Å². The van der Waals surface area contributed by atoms with Crippen molar-refractivity contribution >= 4 is 17.5 Å². The van der Waals surface area contributed by atoms with Crippen molar-refractivity contribution in [2.24, 2.45) is 5.92 Å². The molecule has 1 N–H and O–H groups in total. The van der Waals surface area contributed by atoms with E-state index in [0.717, 1.165) is 22.7 Å². The third-order valence-electron chi connectivity index (χ3n) is 4.71. The normalized spacial score (nSPS) is 18.2. The third kappa shape index (κ3) is 3.35. The molecule has 0 saturated carbocycles. The van der Waals surface area contributed by atoms with Crippen LogP contribution in [-0.4, -0.2) is 31.7 Å². The maximum Gasteiger partial charge on any atom is 0.231 e. The molecule has 0 spiro atoms. The van der Waals surface area contributed by atoms with Crippen molar-refractivity contribution in [2.75, 3.05) is 24.8 Å². The van der Waals surface area contributed by atoms with Crippen molar-refractivity contribution in [2.45, 2.75) is 12.8 Å². The number of nitrogens with zero attached hydrogens (tertiary/aromatic N) is 1. The zero-order chi connectivity index (χ0) is 17.9. The second-order valence-corrected chi connectivity index (χ2v) is 6.47. The summed E-state index contributed by atoms with van der Waals surface area (Å²) in [6.45, 7) is 1.20. The maximum absolute atomic E-state index is 12.4. The lowest BCUT2D eigenvalue weighted by Gasteiger charge is -2.16. The number of nitrogens with one attached hydrogen (secondary N) is 1. The van der Waals surface area contributed by atoms with E-state index in [9.17, 15) is 9.59 Å². The highest BCUT2D eigenvalue weighted by Crippen LogP contribution is 2.32. The van der Waals surface area contributed by atoms with E-state index in [1.807, 2.05) is 48.5 Å². The predicted octanol–water partition coefficient (Wildman–Crippen LogP) is 2.13. The van der Waals surface area contributed by atoms with E-state index in [2.05, 4.69) is 5.32 Å². The SMILES string of the molecule is O=C(NCCc1ccc2c(c1)OCO2)[C@H]1CC(=O)N(c2ccccc2)C1. The Morgan fingerprint density at radius 1 is 1.12 bits per heavy atom. The van der Waals surface area contributed by atoms with Gasteiger partial charge in [0.1, 0.15) is 0 Å². The first-order valence-electron chi connectivity index (χ1n) is 8.72. The monoisotopic (exact) mass is 352 g/mol. The summed E-state index contributed by atoms with van der Waals surface area (Å²) in [6.07, 6.45) is 0.955. The van der Waals surface area contributed by atoms with Crippen molar-refractivity contribution < 1.29 is 19.1 Å². The summed E-state index contributed by atoms with van der Waals surface area (Å²) in [5.41, 5.74) is 1.91. The van der Waals surface area contributed by atoms with Gasteiger partial charge in [-0.3, -0.25) is 9.59 Å². The van der Waals surface area contributed by atoms with Gasteiger partial charge < -0.3 is 19.7 Å². The molecule has 6 nitrogen and oxygen atoms in total. The summed E-state index contributed by atoms with van der Waals surface area (Å²) in [6, 6.07) is 15.2. The first-order valence-corrected chi connectivity index (χ1v) is 8.72. The third-order valence-corrected chi connectivity index (χ3v) is 4.71. The van der Waals surface area contributed by atoms with E-state index in [4.69, 9.17) is 9.47 Å². The molecule has 134 valence electrons. The number of benzene rings is 2. The van der Waals surface area contributed by atoms with Crippen molar-refractivity contribution in [3.8, 4) is 11.5 Å². The second kappa shape index (κ2) is 7.07. The zero-order valence-electron chi connectivity index (χ0n) is 14.3. The molecule has 2 aliphatic rings. The number of hydrogen-bond donors (Lipinski definition) is 1. The first kappa shape index (κ1) is 16.4. The summed E-state index contributed by atoms with van der Waals surface area (Å²) >= 11 is 0. The molecule has 2 amide bonds. The highest BCUT2D eigenvalue weighted by Gasteiger charge is 2.34. The fraction of sp³-hybridized carbons (Fsp3) is 0.300. The van der Waals surface area contributed by atoms with E-state index in [1.165, 1.54) is 0 Å².